The van der Waals surface area contributed by atoms with Gasteiger partial charge in [0.05, 0.1) is 4.90 Å². The highest BCUT2D eigenvalue weighted by Gasteiger charge is 2.24. The maximum atomic E-state index is 12.6. The van der Waals surface area contributed by atoms with E-state index in [1.165, 1.54) is 6.07 Å². The molecular formula is C22H29N3O4S. The fourth-order valence-corrected chi connectivity index (χ4v) is 4.45. The number of carbonyl (C=O) groups excluding carboxylic acids is 2. The normalized spacial score (nSPS) is 11.7. The summed E-state index contributed by atoms with van der Waals surface area (Å²) in [6.07, 6.45) is 0.708. The van der Waals surface area contributed by atoms with Crippen LogP contribution in [0.25, 0.3) is 0 Å². The van der Waals surface area contributed by atoms with Gasteiger partial charge in [-0.25, -0.2) is 13.1 Å². The number of nitrogens with one attached hydrogen (secondary N) is 3. The number of benzene rings is 2. The second kappa shape index (κ2) is 10.4. The molecule has 0 aromatic heterocycles. The fourth-order valence-electron chi connectivity index (χ4n) is 2.79. The van der Waals surface area contributed by atoms with E-state index in [0.29, 0.717) is 24.1 Å². The van der Waals surface area contributed by atoms with E-state index >= 15 is 0 Å². The van der Waals surface area contributed by atoms with Gasteiger partial charge in [0.2, 0.25) is 15.9 Å². The number of hydrogen-bond acceptors (Lipinski definition) is 4. The molecule has 3 N–H and O–H groups in total. The molecule has 0 heterocycles. The van der Waals surface area contributed by atoms with Crippen molar-refractivity contribution in [3.63, 3.8) is 0 Å². The Kier molecular flexibility index (Phi) is 8.14. The van der Waals surface area contributed by atoms with E-state index in [4.69, 9.17) is 0 Å². The summed E-state index contributed by atoms with van der Waals surface area (Å²) < 4.78 is 27.9. The molecule has 162 valence electrons. The summed E-state index contributed by atoms with van der Waals surface area (Å²) in [7, 11) is -3.70. The topological polar surface area (TPSA) is 104 Å². The number of carbonyl (C=O) groups is 2. The van der Waals surface area contributed by atoms with Gasteiger partial charge >= 0.3 is 0 Å². The van der Waals surface area contributed by atoms with Crippen molar-refractivity contribution >= 4 is 21.8 Å². The van der Waals surface area contributed by atoms with Crippen molar-refractivity contribution in [3.8, 4) is 0 Å². The summed E-state index contributed by atoms with van der Waals surface area (Å²) in [6, 6.07) is 15.4. The van der Waals surface area contributed by atoms with E-state index in [1.807, 2.05) is 6.07 Å². The molecule has 0 atom stereocenters. The van der Waals surface area contributed by atoms with E-state index in [-0.39, 0.29) is 29.7 Å². The van der Waals surface area contributed by atoms with Crippen LogP contribution in [-0.2, 0) is 21.4 Å². The van der Waals surface area contributed by atoms with E-state index < -0.39 is 15.6 Å². The number of sulfonamides is 1. The van der Waals surface area contributed by atoms with Crippen LogP contribution < -0.4 is 15.4 Å². The molecule has 0 radical (unpaired) electrons. The Hall–Kier alpha value is -2.71. The largest absolute Gasteiger partial charge is 0.352 e. The summed E-state index contributed by atoms with van der Waals surface area (Å²) in [5.41, 5.74) is 0.475. The lowest BCUT2D eigenvalue weighted by Gasteiger charge is -2.21. The van der Waals surface area contributed by atoms with Crippen LogP contribution in [0.5, 0.6) is 0 Å². The monoisotopic (exact) mass is 431 g/mol. The molecule has 30 heavy (non-hydrogen) atoms. The first kappa shape index (κ1) is 23.6. The van der Waals surface area contributed by atoms with Crippen LogP contribution in [0.3, 0.4) is 0 Å². The first-order valence-electron chi connectivity index (χ1n) is 9.80. The van der Waals surface area contributed by atoms with Gasteiger partial charge in [-0.15, -0.1) is 0 Å². The van der Waals surface area contributed by atoms with Gasteiger partial charge in [-0.3, -0.25) is 9.59 Å². The summed E-state index contributed by atoms with van der Waals surface area (Å²) in [6.45, 7) is 5.79. The average molecular weight is 432 g/mol. The quantitative estimate of drug-likeness (QED) is 0.531. The maximum absolute atomic E-state index is 12.6. The molecule has 0 aliphatic carbocycles. The molecule has 0 aliphatic heterocycles. The molecule has 2 aromatic rings. The minimum Gasteiger partial charge on any atom is -0.352 e. The zero-order valence-electron chi connectivity index (χ0n) is 17.6. The Morgan fingerprint density at radius 2 is 1.53 bits per heavy atom. The third kappa shape index (κ3) is 7.61. The van der Waals surface area contributed by atoms with Crippen molar-refractivity contribution in [3.05, 3.63) is 65.7 Å². The van der Waals surface area contributed by atoms with Crippen LogP contribution in [0.15, 0.2) is 59.5 Å². The van der Waals surface area contributed by atoms with Gasteiger partial charge < -0.3 is 10.6 Å². The Morgan fingerprint density at radius 3 is 2.20 bits per heavy atom. The zero-order valence-corrected chi connectivity index (χ0v) is 18.4. The molecule has 2 aromatic carbocycles. The van der Waals surface area contributed by atoms with Gasteiger partial charge in [-0.05, 0) is 51.0 Å². The molecule has 0 spiro atoms. The van der Waals surface area contributed by atoms with Gasteiger partial charge in [-0.2, -0.15) is 0 Å². The molecule has 0 aliphatic rings. The number of hydrogen-bond donors (Lipinski definition) is 3. The minimum atomic E-state index is -3.70. The summed E-state index contributed by atoms with van der Waals surface area (Å²) >= 11 is 0. The number of rotatable bonds is 9. The summed E-state index contributed by atoms with van der Waals surface area (Å²) in [5, 5.41) is 5.52. The molecule has 2 amide bonds. The lowest BCUT2D eigenvalue weighted by molar-refractivity contribution is -0.121. The zero-order chi connectivity index (χ0) is 22.2. The van der Waals surface area contributed by atoms with Crippen molar-refractivity contribution < 1.29 is 18.0 Å². The highest BCUT2D eigenvalue weighted by atomic mass is 32.2. The molecule has 0 bridgehead atoms. The molecule has 2 rings (SSSR count). The summed E-state index contributed by atoms with van der Waals surface area (Å²) in [4.78, 5) is 24.2. The van der Waals surface area contributed by atoms with E-state index in [0.717, 1.165) is 0 Å². The van der Waals surface area contributed by atoms with Gasteiger partial charge in [0.15, 0.2) is 0 Å². The molecular weight excluding hydrogens is 402 g/mol. The minimum absolute atomic E-state index is 0.108. The van der Waals surface area contributed by atoms with E-state index in [2.05, 4.69) is 15.4 Å². The standard InChI is InChI=1S/C22H29N3O4S/c1-22(2,3)25-30(28,29)19-13-8-7-12-18(19)16-24-20(26)14-9-15-23-21(27)17-10-5-4-6-11-17/h4-8,10-13,25H,9,14-16H2,1-3H3,(H,23,27)(H,24,26). The Bertz CT molecular complexity index is 967. The van der Waals surface area contributed by atoms with Gasteiger partial charge in [0, 0.05) is 30.6 Å². The van der Waals surface area contributed by atoms with E-state index in [9.17, 15) is 18.0 Å². The second-order valence-electron chi connectivity index (χ2n) is 7.97. The lowest BCUT2D eigenvalue weighted by Crippen LogP contribution is -2.41. The van der Waals surface area contributed by atoms with Crippen LogP contribution in [0.2, 0.25) is 0 Å². The second-order valence-corrected chi connectivity index (χ2v) is 9.62. The van der Waals surface area contributed by atoms with Gasteiger partial charge in [0.25, 0.3) is 5.91 Å². The Balaban J connectivity index is 1.83. The molecule has 0 saturated heterocycles. The highest BCUT2D eigenvalue weighted by molar-refractivity contribution is 7.89. The maximum Gasteiger partial charge on any atom is 0.251 e. The first-order valence-corrected chi connectivity index (χ1v) is 11.3. The number of amides is 2. The van der Waals surface area contributed by atoms with Crippen LogP contribution in [0.4, 0.5) is 0 Å². The van der Waals surface area contributed by atoms with Crippen molar-refractivity contribution in [2.75, 3.05) is 6.54 Å². The Morgan fingerprint density at radius 1 is 0.900 bits per heavy atom. The first-order chi connectivity index (χ1) is 14.1. The van der Waals surface area contributed by atoms with Crippen LogP contribution >= 0.6 is 0 Å². The molecule has 0 fully saturated rings. The highest BCUT2D eigenvalue weighted by Crippen LogP contribution is 2.17. The van der Waals surface area contributed by atoms with Crippen LogP contribution in [-0.4, -0.2) is 32.3 Å². The molecule has 0 saturated carbocycles. The third-order valence-electron chi connectivity index (χ3n) is 4.08. The predicted octanol–water partition coefficient (Wildman–Crippen LogP) is 2.59. The molecule has 8 heteroatoms. The third-order valence-corrected chi connectivity index (χ3v) is 5.94. The van der Waals surface area contributed by atoms with Crippen LogP contribution in [0, 0.1) is 0 Å². The average Bonchev–Trinajstić information content (AvgIpc) is 2.68. The van der Waals surface area contributed by atoms with Crippen molar-refractivity contribution in [1.82, 2.24) is 15.4 Å². The van der Waals surface area contributed by atoms with Crippen LogP contribution in [0.1, 0.15) is 49.5 Å². The summed E-state index contributed by atoms with van der Waals surface area (Å²) in [5.74, 6) is -0.388. The van der Waals surface area contributed by atoms with Crippen molar-refractivity contribution in [2.45, 2.75) is 50.6 Å². The lowest BCUT2D eigenvalue weighted by atomic mass is 10.1. The van der Waals surface area contributed by atoms with E-state index in [1.54, 1.807) is 63.2 Å². The predicted molar refractivity (Wildman–Crippen MR) is 116 cm³/mol. The van der Waals surface area contributed by atoms with Crippen molar-refractivity contribution in [2.24, 2.45) is 0 Å². The molecule has 0 unspecified atom stereocenters. The molecule has 7 nitrogen and oxygen atoms in total. The van der Waals surface area contributed by atoms with Gasteiger partial charge in [0.1, 0.15) is 0 Å². The van der Waals surface area contributed by atoms with Gasteiger partial charge in [-0.1, -0.05) is 36.4 Å². The SMILES string of the molecule is CC(C)(C)NS(=O)(=O)c1ccccc1CNC(=O)CCCNC(=O)c1ccccc1. The van der Waals surface area contributed by atoms with Crippen molar-refractivity contribution in [1.29, 1.82) is 0 Å². The fraction of sp³-hybridized carbons (Fsp3) is 0.364. The Labute approximate surface area is 178 Å². The smallest absolute Gasteiger partial charge is 0.251 e.